The molecule has 2 aliphatic heterocycles. The van der Waals surface area contributed by atoms with Crippen molar-refractivity contribution in [1.29, 1.82) is 0 Å². The third-order valence-electron chi connectivity index (χ3n) is 3.70. The zero-order valence-corrected chi connectivity index (χ0v) is 10.9. The zero-order chi connectivity index (χ0) is 13.6. The molecule has 6 heteroatoms. The van der Waals surface area contributed by atoms with Crippen molar-refractivity contribution in [2.45, 2.75) is 36.2 Å². The topological polar surface area (TPSA) is 37.4 Å². The molecule has 2 aliphatic rings. The van der Waals surface area contributed by atoms with E-state index in [1.54, 1.807) is 0 Å². The van der Waals surface area contributed by atoms with Crippen molar-refractivity contribution < 1.29 is 17.2 Å². The van der Waals surface area contributed by atoms with Crippen molar-refractivity contribution in [3.8, 4) is 0 Å². The Morgan fingerprint density at radius 1 is 1.21 bits per heavy atom. The lowest BCUT2D eigenvalue weighted by atomic mass is 10.2. The molecular formula is C13H13F2NO2S. The van der Waals surface area contributed by atoms with E-state index >= 15 is 0 Å². The Kier molecular flexibility index (Phi) is 2.94. The second-order valence-electron chi connectivity index (χ2n) is 4.87. The average molecular weight is 285 g/mol. The molecule has 2 unspecified atom stereocenters. The third kappa shape index (κ3) is 1.99. The molecule has 2 bridgehead atoms. The summed E-state index contributed by atoms with van der Waals surface area (Å²) in [5.41, 5.74) is 0. The lowest BCUT2D eigenvalue weighted by Gasteiger charge is -2.30. The van der Waals surface area contributed by atoms with Gasteiger partial charge < -0.3 is 0 Å². The molecule has 0 amide bonds. The van der Waals surface area contributed by atoms with Crippen molar-refractivity contribution in [1.82, 2.24) is 4.31 Å². The lowest BCUT2D eigenvalue weighted by molar-refractivity contribution is 0.339. The molecule has 1 aromatic carbocycles. The van der Waals surface area contributed by atoms with Gasteiger partial charge in [0.25, 0.3) is 0 Å². The van der Waals surface area contributed by atoms with Gasteiger partial charge >= 0.3 is 0 Å². The highest BCUT2D eigenvalue weighted by Gasteiger charge is 2.43. The van der Waals surface area contributed by atoms with Crippen molar-refractivity contribution >= 4 is 10.0 Å². The first-order valence-corrected chi connectivity index (χ1v) is 7.59. The minimum atomic E-state index is -3.98. The van der Waals surface area contributed by atoms with E-state index < -0.39 is 26.6 Å². The maximum atomic E-state index is 13.7. The van der Waals surface area contributed by atoms with E-state index in [0.717, 1.165) is 31.0 Å². The summed E-state index contributed by atoms with van der Waals surface area (Å²) in [7, 11) is -3.98. The van der Waals surface area contributed by atoms with Gasteiger partial charge in [-0.25, -0.2) is 17.2 Å². The van der Waals surface area contributed by atoms with Gasteiger partial charge in [0.2, 0.25) is 10.0 Å². The van der Waals surface area contributed by atoms with Crippen molar-refractivity contribution in [3.63, 3.8) is 0 Å². The number of halogens is 2. The average Bonchev–Trinajstić information content (AvgIpc) is 2.64. The molecular weight excluding hydrogens is 272 g/mol. The summed E-state index contributed by atoms with van der Waals surface area (Å²) < 4.78 is 53.2. The van der Waals surface area contributed by atoms with Crippen molar-refractivity contribution in [2.75, 3.05) is 0 Å². The predicted molar refractivity (Wildman–Crippen MR) is 65.9 cm³/mol. The largest absolute Gasteiger partial charge is 0.246 e. The molecule has 0 spiro atoms. The number of benzene rings is 1. The molecule has 0 aromatic heterocycles. The predicted octanol–water partition coefficient (Wildman–Crippen LogP) is 2.45. The Morgan fingerprint density at radius 2 is 2.00 bits per heavy atom. The molecule has 0 aliphatic carbocycles. The molecule has 1 saturated heterocycles. The molecule has 19 heavy (non-hydrogen) atoms. The van der Waals surface area contributed by atoms with E-state index in [1.165, 1.54) is 4.31 Å². The van der Waals surface area contributed by atoms with Gasteiger partial charge in [-0.15, -0.1) is 0 Å². The van der Waals surface area contributed by atoms with Gasteiger partial charge in [0.1, 0.15) is 16.5 Å². The minimum Gasteiger partial charge on any atom is -0.207 e. The van der Waals surface area contributed by atoms with Crippen LogP contribution in [0.3, 0.4) is 0 Å². The molecule has 2 heterocycles. The van der Waals surface area contributed by atoms with E-state index in [-0.39, 0.29) is 12.1 Å². The van der Waals surface area contributed by atoms with Crippen LogP contribution in [-0.2, 0) is 10.0 Å². The molecule has 3 rings (SSSR count). The van der Waals surface area contributed by atoms with Gasteiger partial charge in [0.05, 0.1) is 0 Å². The highest BCUT2D eigenvalue weighted by Crippen LogP contribution is 2.37. The Bertz CT molecular complexity index is 642. The normalized spacial score (nSPS) is 26.8. The fourth-order valence-electron chi connectivity index (χ4n) is 2.85. The molecule has 1 aromatic rings. The zero-order valence-electron chi connectivity index (χ0n) is 10.1. The summed E-state index contributed by atoms with van der Waals surface area (Å²) >= 11 is 0. The number of rotatable bonds is 2. The van der Waals surface area contributed by atoms with E-state index in [9.17, 15) is 17.2 Å². The third-order valence-corrected chi connectivity index (χ3v) is 5.69. The highest BCUT2D eigenvalue weighted by molar-refractivity contribution is 7.89. The van der Waals surface area contributed by atoms with Crippen LogP contribution in [0.1, 0.15) is 19.3 Å². The maximum Gasteiger partial charge on any atom is 0.246 e. The van der Waals surface area contributed by atoms with Crippen LogP contribution in [0.4, 0.5) is 8.78 Å². The summed E-state index contributed by atoms with van der Waals surface area (Å²) in [6.07, 6.45) is 5.91. The fourth-order valence-corrected chi connectivity index (χ4v) is 4.77. The smallest absolute Gasteiger partial charge is 0.207 e. The van der Waals surface area contributed by atoms with Crippen LogP contribution in [0.2, 0.25) is 0 Å². The van der Waals surface area contributed by atoms with Crippen LogP contribution in [-0.4, -0.2) is 24.8 Å². The Balaban J connectivity index is 2.08. The first-order valence-electron chi connectivity index (χ1n) is 6.15. The Labute approximate surface area is 110 Å². The molecule has 0 radical (unpaired) electrons. The van der Waals surface area contributed by atoms with E-state index in [4.69, 9.17) is 0 Å². The van der Waals surface area contributed by atoms with Crippen LogP contribution in [0, 0.1) is 11.6 Å². The van der Waals surface area contributed by atoms with E-state index in [2.05, 4.69) is 0 Å². The number of sulfonamides is 1. The minimum absolute atomic E-state index is 0.136. The molecule has 0 saturated carbocycles. The molecule has 3 nitrogen and oxygen atoms in total. The van der Waals surface area contributed by atoms with Gasteiger partial charge in [-0.05, 0) is 37.5 Å². The van der Waals surface area contributed by atoms with E-state index in [1.807, 2.05) is 12.2 Å². The monoisotopic (exact) mass is 285 g/mol. The van der Waals surface area contributed by atoms with Crippen LogP contribution in [0.25, 0.3) is 0 Å². The van der Waals surface area contributed by atoms with Crippen LogP contribution >= 0.6 is 0 Å². The Hall–Kier alpha value is -1.27. The maximum absolute atomic E-state index is 13.7. The standard InChI is InChI=1S/C13H13F2NO2S/c14-9-4-7-12(15)13(8-9)19(17,18)16-10-2-1-3-11(16)6-5-10/h1-2,4,7-8,10-11H,3,5-6H2. The van der Waals surface area contributed by atoms with Gasteiger partial charge in [0.15, 0.2) is 0 Å². The summed E-state index contributed by atoms with van der Waals surface area (Å²) in [6.45, 7) is 0. The summed E-state index contributed by atoms with van der Waals surface area (Å²) in [4.78, 5) is -0.570. The summed E-state index contributed by atoms with van der Waals surface area (Å²) in [5, 5.41) is 0. The summed E-state index contributed by atoms with van der Waals surface area (Å²) in [6, 6.07) is 2.15. The molecule has 102 valence electrons. The number of fused-ring (bicyclic) bond motifs is 2. The van der Waals surface area contributed by atoms with Gasteiger partial charge in [-0.3, -0.25) is 0 Å². The fraction of sp³-hybridized carbons (Fsp3) is 0.385. The second kappa shape index (κ2) is 4.38. The lowest BCUT2D eigenvalue weighted by Crippen LogP contribution is -2.42. The highest BCUT2D eigenvalue weighted by atomic mass is 32.2. The van der Waals surface area contributed by atoms with Crippen LogP contribution in [0.5, 0.6) is 0 Å². The number of hydrogen-bond acceptors (Lipinski definition) is 2. The first-order chi connectivity index (χ1) is 9.00. The van der Waals surface area contributed by atoms with E-state index in [0.29, 0.717) is 6.42 Å². The number of nitrogens with zero attached hydrogens (tertiary/aromatic N) is 1. The SMILES string of the molecule is O=S(=O)(c1cc(F)ccc1F)N1C2C=CCC1CC2. The molecule has 0 N–H and O–H groups in total. The van der Waals surface area contributed by atoms with Crippen LogP contribution in [0.15, 0.2) is 35.2 Å². The van der Waals surface area contributed by atoms with Crippen molar-refractivity contribution in [2.24, 2.45) is 0 Å². The molecule has 1 fully saturated rings. The van der Waals surface area contributed by atoms with Gasteiger partial charge in [0, 0.05) is 12.1 Å². The second-order valence-corrected chi connectivity index (χ2v) is 6.68. The van der Waals surface area contributed by atoms with Crippen molar-refractivity contribution in [3.05, 3.63) is 42.0 Å². The van der Waals surface area contributed by atoms with Gasteiger partial charge in [-0.2, -0.15) is 4.31 Å². The van der Waals surface area contributed by atoms with Gasteiger partial charge in [-0.1, -0.05) is 12.2 Å². The number of hydrogen-bond donors (Lipinski definition) is 0. The summed E-state index contributed by atoms with van der Waals surface area (Å²) in [5.74, 6) is -1.66. The van der Waals surface area contributed by atoms with Crippen LogP contribution < -0.4 is 0 Å². The molecule has 2 atom stereocenters. The first kappa shape index (κ1) is 12.7. The quantitative estimate of drug-likeness (QED) is 0.783. The Morgan fingerprint density at radius 3 is 2.74 bits per heavy atom.